The number of hydrogen-bond donors (Lipinski definition) is 3. The minimum atomic E-state index is -1.11. The van der Waals surface area contributed by atoms with Gasteiger partial charge in [-0.25, -0.2) is 4.79 Å². The smallest absolute Gasteiger partial charge is 0.337 e. The number of aromatic hydroxyl groups is 1. The highest BCUT2D eigenvalue weighted by atomic mass is 16.4. The van der Waals surface area contributed by atoms with Gasteiger partial charge in [0.15, 0.2) is 0 Å². The summed E-state index contributed by atoms with van der Waals surface area (Å²) in [5.74, 6) is -1.45. The van der Waals surface area contributed by atoms with Gasteiger partial charge in [0.2, 0.25) is 5.91 Å². The zero-order valence-electron chi connectivity index (χ0n) is 11.0. The second-order valence-corrected chi connectivity index (χ2v) is 4.27. The molecule has 0 aliphatic carbocycles. The van der Waals surface area contributed by atoms with Crippen molar-refractivity contribution in [1.82, 2.24) is 0 Å². The third kappa shape index (κ3) is 3.94. The van der Waals surface area contributed by atoms with Crippen molar-refractivity contribution in [2.45, 2.75) is 0 Å². The lowest BCUT2D eigenvalue weighted by Crippen LogP contribution is -2.11. The summed E-state index contributed by atoms with van der Waals surface area (Å²) in [5.41, 5.74) is 0.920. The molecule has 106 valence electrons. The highest BCUT2D eigenvalue weighted by molar-refractivity contribution is 6.06. The van der Waals surface area contributed by atoms with Crippen molar-refractivity contribution in [2.24, 2.45) is 0 Å². The number of anilines is 1. The van der Waals surface area contributed by atoms with Gasteiger partial charge in [-0.3, -0.25) is 4.79 Å². The first-order valence-corrected chi connectivity index (χ1v) is 6.16. The largest absolute Gasteiger partial charge is 0.508 e. The van der Waals surface area contributed by atoms with Crippen LogP contribution in [0.1, 0.15) is 15.9 Å². The van der Waals surface area contributed by atoms with Gasteiger partial charge >= 0.3 is 5.97 Å². The Morgan fingerprint density at radius 1 is 1.05 bits per heavy atom. The maximum absolute atomic E-state index is 11.8. The van der Waals surface area contributed by atoms with E-state index in [0.29, 0.717) is 5.56 Å². The first kappa shape index (κ1) is 14.3. The van der Waals surface area contributed by atoms with E-state index < -0.39 is 11.9 Å². The Hall–Kier alpha value is -3.08. The van der Waals surface area contributed by atoms with E-state index in [1.807, 2.05) is 0 Å². The molecule has 0 aliphatic rings. The molecular formula is C16H13NO4. The van der Waals surface area contributed by atoms with Crippen molar-refractivity contribution in [2.75, 3.05) is 5.32 Å². The first-order chi connectivity index (χ1) is 10.1. The van der Waals surface area contributed by atoms with Crippen LogP contribution in [0.5, 0.6) is 5.75 Å². The number of carbonyl (C=O) groups excluding carboxylic acids is 1. The van der Waals surface area contributed by atoms with Crippen molar-refractivity contribution >= 4 is 23.6 Å². The molecule has 5 nitrogen and oxygen atoms in total. The average molecular weight is 283 g/mol. The van der Waals surface area contributed by atoms with E-state index in [9.17, 15) is 14.7 Å². The Labute approximate surface area is 121 Å². The Kier molecular flexibility index (Phi) is 4.36. The molecule has 0 saturated heterocycles. The highest BCUT2D eigenvalue weighted by Crippen LogP contribution is 2.15. The molecule has 0 saturated carbocycles. The summed E-state index contributed by atoms with van der Waals surface area (Å²) in [7, 11) is 0. The van der Waals surface area contributed by atoms with Gasteiger partial charge in [0, 0.05) is 6.08 Å². The van der Waals surface area contributed by atoms with Crippen molar-refractivity contribution in [3.63, 3.8) is 0 Å². The number of amides is 1. The van der Waals surface area contributed by atoms with Gasteiger partial charge in [0.25, 0.3) is 0 Å². The molecule has 3 N–H and O–H groups in total. The van der Waals surface area contributed by atoms with Crippen molar-refractivity contribution < 1.29 is 19.8 Å². The normalized spacial score (nSPS) is 10.5. The number of carboxylic acid groups (broad SMARTS) is 1. The lowest BCUT2D eigenvalue weighted by atomic mass is 10.1. The van der Waals surface area contributed by atoms with Crippen molar-refractivity contribution in [3.05, 3.63) is 65.7 Å². The number of hydrogen-bond acceptors (Lipinski definition) is 3. The van der Waals surface area contributed by atoms with Crippen LogP contribution < -0.4 is 5.32 Å². The lowest BCUT2D eigenvalue weighted by molar-refractivity contribution is -0.111. The average Bonchev–Trinajstić information content (AvgIpc) is 2.45. The van der Waals surface area contributed by atoms with E-state index in [1.165, 1.54) is 36.4 Å². The molecule has 0 atom stereocenters. The van der Waals surface area contributed by atoms with Gasteiger partial charge in [0.05, 0.1) is 11.3 Å². The van der Waals surface area contributed by atoms with Crippen LogP contribution >= 0.6 is 0 Å². The predicted octanol–water partition coefficient (Wildman–Crippen LogP) is 2.74. The first-order valence-electron chi connectivity index (χ1n) is 6.16. The topological polar surface area (TPSA) is 86.6 Å². The summed E-state index contributed by atoms with van der Waals surface area (Å²) in [6.07, 6.45) is 2.80. The summed E-state index contributed by atoms with van der Waals surface area (Å²) in [5, 5.41) is 20.8. The van der Waals surface area contributed by atoms with E-state index in [-0.39, 0.29) is 17.0 Å². The number of aromatic carboxylic acids is 1. The SMILES string of the molecule is O=C(/C=C/c1cccc(O)c1)Nc1ccccc1C(=O)O. The fraction of sp³-hybridized carbons (Fsp3) is 0. The summed E-state index contributed by atoms with van der Waals surface area (Å²) in [4.78, 5) is 22.8. The summed E-state index contributed by atoms with van der Waals surface area (Å²) < 4.78 is 0. The number of para-hydroxylation sites is 1. The zero-order valence-corrected chi connectivity index (χ0v) is 11.0. The Balaban J connectivity index is 2.10. The van der Waals surface area contributed by atoms with E-state index in [1.54, 1.807) is 24.3 Å². The quantitative estimate of drug-likeness (QED) is 0.753. The monoisotopic (exact) mass is 283 g/mol. The summed E-state index contributed by atoms with van der Waals surface area (Å²) in [6, 6.07) is 12.6. The van der Waals surface area contributed by atoms with Crippen LogP contribution in [-0.4, -0.2) is 22.1 Å². The third-order valence-electron chi connectivity index (χ3n) is 2.71. The molecule has 2 aromatic rings. The molecule has 0 aromatic heterocycles. The number of carbonyl (C=O) groups is 2. The van der Waals surface area contributed by atoms with Crippen LogP contribution in [0.4, 0.5) is 5.69 Å². The van der Waals surface area contributed by atoms with Crippen LogP contribution in [0.2, 0.25) is 0 Å². The molecule has 2 rings (SSSR count). The van der Waals surface area contributed by atoms with Crippen molar-refractivity contribution in [3.8, 4) is 5.75 Å². The fourth-order valence-corrected chi connectivity index (χ4v) is 1.75. The van der Waals surface area contributed by atoms with Crippen LogP contribution in [-0.2, 0) is 4.79 Å². The second-order valence-electron chi connectivity index (χ2n) is 4.27. The molecule has 0 aliphatic heterocycles. The van der Waals surface area contributed by atoms with Gasteiger partial charge < -0.3 is 15.5 Å². The van der Waals surface area contributed by atoms with Crippen LogP contribution in [0.3, 0.4) is 0 Å². The number of nitrogens with one attached hydrogen (secondary N) is 1. The molecule has 0 radical (unpaired) electrons. The fourth-order valence-electron chi connectivity index (χ4n) is 1.75. The Bertz CT molecular complexity index is 707. The minimum absolute atomic E-state index is 0.0246. The molecule has 0 fully saturated rings. The molecule has 0 unspecified atom stereocenters. The zero-order chi connectivity index (χ0) is 15.2. The van der Waals surface area contributed by atoms with E-state index in [0.717, 1.165) is 0 Å². The molecule has 2 aromatic carbocycles. The minimum Gasteiger partial charge on any atom is -0.508 e. The van der Waals surface area contributed by atoms with Crippen LogP contribution in [0.15, 0.2) is 54.6 Å². The Morgan fingerprint density at radius 2 is 1.81 bits per heavy atom. The molecule has 5 heteroatoms. The highest BCUT2D eigenvalue weighted by Gasteiger charge is 2.09. The van der Waals surface area contributed by atoms with Crippen LogP contribution in [0.25, 0.3) is 6.08 Å². The molecule has 1 amide bonds. The van der Waals surface area contributed by atoms with Gasteiger partial charge in [-0.2, -0.15) is 0 Å². The Morgan fingerprint density at radius 3 is 2.52 bits per heavy atom. The number of phenols is 1. The van der Waals surface area contributed by atoms with Gasteiger partial charge in [-0.15, -0.1) is 0 Å². The third-order valence-corrected chi connectivity index (χ3v) is 2.71. The van der Waals surface area contributed by atoms with E-state index in [2.05, 4.69) is 5.32 Å². The molecule has 0 heterocycles. The maximum atomic E-state index is 11.8. The van der Waals surface area contributed by atoms with Gasteiger partial charge in [-0.05, 0) is 35.9 Å². The number of carboxylic acids is 1. The van der Waals surface area contributed by atoms with E-state index >= 15 is 0 Å². The lowest BCUT2D eigenvalue weighted by Gasteiger charge is -2.05. The van der Waals surface area contributed by atoms with Gasteiger partial charge in [-0.1, -0.05) is 24.3 Å². The maximum Gasteiger partial charge on any atom is 0.337 e. The standard InChI is InChI=1S/C16H13NO4/c18-12-5-3-4-11(10-12)8-9-15(19)17-14-7-2-1-6-13(14)16(20)21/h1-10,18H,(H,17,19)(H,20,21)/b9-8+. The van der Waals surface area contributed by atoms with Gasteiger partial charge in [0.1, 0.15) is 5.75 Å². The molecule has 0 bridgehead atoms. The van der Waals surface area contributed by atoms with Crippen LogP contribution in [0, 0.1) is 0 Å². The van der Waals surface area contributed by atoms with E-state index in [4.69, 9.17) is 5.11 Å². The second kappa shape index (κ2) is 6.38. The molecular weight excluding hydrogens is 270 g/mol. The molecule has 0 spiro atoms. The van der Waals surface area contributed by atoms with Crippen molar-refractivity contribution in [1.29, 1.82) is 0 Å². The number of benzene rings is 2. The molecule has 21 heavy (non-hydrogen) atoms. The number of rotatable bonds is 4. The summed E-state index contributed by atoms with van der Waals surface area (Å²) >= 11 is 0. The predicted molar refractivity (Wildman–Crippen MR) is 79.2 cm³/mol. The number of phenolic OH excluding ortho intramolecular Hbond substituents is 1. The summed E-state index contributed by atoms with van der Waals surface area (Å²) in [6.45, 7) is 0.